The van der Waals surface area contributed by atoms with Crippen LogP contribution in [0.4, 0.5) is 5.69 Å². The van der Waals surface area contributed by atoms with Crippen LogP contribution in [0.3, 0.4) is 0 Å². The number of hydrogen-bond acceptors (Lipinski definition) is 2. The fourth-order valence-electron chi connectivity index (χ4n) is 4.34. The predicted octanol–water partition coefficient (Wildman–Crippen LogP) is 6.55. The van der Waals surface area contributed by atoms with Gasteiger partial charge in [-0.05, 0) is 46.7 Å². The van der Waals surface area contributed by atoms with Crippen molar-refractivity contribution in [1.82, 2.24) is 4.98 Å². The zero-order chi connectivity index (χ0) is 20.8. The fraction of sp³-hybridized carbons (Fsp3) is 0. The molecule has 6 rings (SSSR count). The second kappa shape index (κ2) is 6.92. The summed E-state index contributed by atoms with van der Waals surface area (Å²) in [5, 5.41) is 3.19. The number of fused-ring (bicyclic) bond motifs is 3. The highest BCUT2D eigenvalue weighted by molar-refractivity contribution is 6.27. The highest BCUT2D eigenvalue weighted by atomic mass is 16.2. The molecule has 3 heteroatoms. The lowest BCUT2D eigenvalue weighted by Crippen LogP contribution is -2.22. The van der Waals surface area contributed by atoms with Crippen molar-refractivity contribution in [3.63, 3.8) is 0 Å². The predicted molar refractivity (Wildman–Crippen MR) is 127 cm³/mol. The number of benzene rings is 4. The van der Waals surface area contributed by atoms with Crippen molar-refractivity contribution in [2.24, 2.45) is 0 Å². The van der Waals surface area contributed by atoms with Crippen LogP contribution in [-0.4, -0.2) is 10.9 Å². The van der Waals surface area contributed by atoms with Crippen LogP contribution in [0.2, 0.25) is 0 Å². The number of carbonyl (C=O) groups is 1. The molecule has 146 valence electrons. The minimum atomic E-state index is -0.0268. The number of carbonyl (C=O) groups excluding carboxylic acids is 1. The molecule has 0 aliphatic carbocycles. The van der Waals surface area contributed by atoms with Gasteiger partial charge >= 0.3 is 0 Å². The van der Waals surface area contributed by atoms with Crippen LogP contribution in [0, 0.1) is 0 Å². The van der Waals surface area contributed by atoms with Gasteiger partial charge in [0, 0.05) is 17.1 Å². The minimum absolute atomic E-state index is 0.0268. The Balaban J connectivity index is 1.65. The Morgan fingerprint density at radius 3 is 2.16 bits per heavy atom. The van der Waals surface area contributed by atoms with Gasteiger partial charge in [-0.2, -0.15) is 0 Å². The van der Waals surface area contributed by atoms with Gasteiger partial charge in [0.05, 0.1) is 22.5 Å². The molecule has 5 aromatic rings. The highest BCUT2D eigenvalue weighted by Gasteiger charge is 2.34. The number of para-hydroxylation sites is 1. The van der Waals surface area contributed by atoms with E-state index in [0.717, 1.165) is 44.2 Å². The first-order chi connectivity index (χ1) is 15.3. The first-order valence-corrected chi connectivity index (χ1v) is 10.3. The molecule has 0 saturated heterocycles. The summed E-state index contributed by atoms with van der Waals surface area (Å²) in [6, 6.07) is 32.3. The quantitative estimate of drug-likeness (QED) is 0.338. The topological polar surface area (TPSA) is 33.2 Å². The molecule has 31 heavy (non-hydrogen) atoms. The van der Waals surface area contributed by atoms with Crippen molar-refractivity contribution in [1.29, 1.82) is 0 Å². The Morgan fingerprint density at radius 2 is 1.35 bits per heavy atom. The number of hydrogen-bond donors (Lipinski definition) is 0. The third kappa shape index (κ3) is 2.82. The maximum Gasteiger partial charge on any atom is 0.263 e. The summed E-state index contributed by atoms with van der Waals surface area (Å²) >= 11 is 0. The number of anilines is 1. The summed E-state index contributed by atoms with van der Waals surface area (Å²) in [6.45, 7) is 0. The molecule has 0 spiro atoms. The van der Waals surface area contributed by atoms with E-state index in [1.54, 1.807) is 6.20 Å². The van der Waals surface area contributed by atoms with Gasteiger partial charge in [0.2, 0.25) is 0 Å². The van der Waals surface area contributed by atoms with E-state index in [1.807, 2.05) is 77.7 Å². The molecule has 0 atom stereocenters. The SMILES string of the molecule is O=C1c2cc3ccccc3cc2/C(=C/c2ccccc2)N1c1cccc2cccnc12. The summed E-state index contributed by atoms with van der Waals surface area (Å²) in [6.07, 6.45) is 3.86. The number of rotatable bonds is 2. The van der Waals surface area contributed by atoms with Crippen LogP contribution < -0.4 is 4.90 Å². The van der Waals surface area contributed by atoms with Crippen LogP contribution >= 0.6 is 0 Å². The van der Waals surface area contributed by atoms with Crippen molar-refractivity contribution < 1.29 is 4.79 Å². The average Bonchev–Trinajstić information content (AvgIpc) is 3.08. The molecule has 0 N–H and O–H groups in total. The van der Waals surface area contributed by atoms with Crippen molar-refractivity contribution in [2.75, 3.05) is 4.90 Å². The Bertz CT molecular complexity index is 1500. The summed E-state index contributed by atoms with van der Waals surface area (Å²) in [5.41, 5.74) is 5.19. The van der Waals surface area contributed by atoms with Gasteiger partial charge in [-0.15, -0.1) is 0 Å². The second-order valence-corrected chi connectivity index (χ2v) is 7.68. The molecule has 0 saturated carbocycles. The summed E-state index contributed by atoms with van der Waals surface area (Å²) in [7, 11) is 0. The minimum Gasteiger partial charge on any atom is -0.274 e. The van der Waals surface area contributed by atoms with Gasteiger partial charge in [0.1, 0.15) is 0 Å². The molecule has 2 heterocycles. The molecule has 3 nitrogen and oxygen atoms in total. The van der Waals surface area contributed by atoms with Crippen molar-refractivity contribution in [3.05, 3.63) is 120 Å². The van der Waals surface area contributed by atoms with Gasteiger partial charge in [-0.3, -0.25) is 14.7 Å². The Morgan fingerprint density at radius 1 is 0.677 bits per heavy atom. The van der Waals surface area contributed by atoms with Crippen LogP contribution in [0.15, 0.2) is 103 Å². The maximum absolute atomic E-state index is 13.7. The summed E-state index contributed by atoms with van der Waals surface area (Å²) in [5.74, 6) is -0.0268. The van der Waals surface area contributed by atoms with Crippen LogP contribution in [-0.2, 0) is 0 Å². The Hall–Kier alpha value is -4.24. The molecular formula is C28H18N2O. The van der Waals surface area contributed by atoms with Gasteiger partial charge in [-0.25, -0.2) is 0 Å². The summed E-state index contributed by atoms with van der Waals surface area (Å²) in [4.78, 5) is 20.2. The van der Waals surface area contributed by atoms with E-state index in [-0.39, 0.29) is 5.91 Å². The van der Waals surface area contributed by atoms with E-state index < -0.39 is 0 Å². The zero-order valence-electron chi connectivity index (χ0n) is 16.7. The van der Waals surface area contributed by atoms with E-state index >= 15 is 0 Å². The number of pyridine rings is 1. The fourth-order valence-corrected chi connectivity index (χ4v) is 4.34. The Labute approximate surface area is 179 Å². The zero-order valence-corrected chi connectivity index (χ0v) is 16.7. The van der Waals surface area contributed by atoms with Crippen molar-refractivity contribution in [2.45, 2.75) is 0 Å². The van der Waals surface area contributed by atoms with Gasteiger partial charge in [0.25, 0.3) is 5.91 Å². The molecule has 4 aromatic carbocycles. The van der Waals surface area contributed by atoms with E-state index in [1.165, 1.54) is 0 Å². The molecule has 1 amide bonds. The Kier molecular flexibility index (Phi) is 3.93. The van der Waals surface area contributed by atoms with Gasteiger partial charge < -0.3 is 0 Å². The number of aromatic nitrogens is 1. The van der Waals surface area contributed by atoms with E-state index in [9.17, 15) is 4.79 Å². The lowest BCUT2D eigenvalue weighted by Gasteiger charge is -2.20. The largest absolute Gasteiger partial charge is 0.274 e. The van der Waals surface area contributed by atoms with Crippen LogP contribution in [0.25, 0.3) is 33.4 Å². The van der Waals surface area contributed by atoms with Crippen molar-refractivity contribution in [3.8, 4) is 0 Å². The molecule has 1 aliphatic heterocycles. The first-order valence-electron chi connectivity index (χ1n) is 10.3. The van der Waals surface area contributed by atoms with Crippen molar-refractivity contribution >= 4 is 45.0 Å². The third-order valence-electron chi connectivity index (χ3n) is 5.79. The molecule has 1 aromatic heterocycles. The molecule has 0 unspecified atom stereocenters. The molecular weight excluding hydrogens is 380 g/mol. The highest BCUT2D eigenvalue weighted by Crippen LogP contribution is 2.41. The summed E-state index contributed by atoms with van der Waals surface area (Å²) < 4.78 is 0. The smallest absolute Gasteiger partial charge is 0.263 e. The molecule has 0 radical (unpaired) electrons. The van der Waals surface area contributed by atoms with Crippen LogP contribution in [0.1, 0.15) is 21.5 Å². The monoisotopic (exact) mass is 398 g/mol. The molecule has 1 aliphatic rings. The maximum atomic E-state index is 13.7. The van der Waals surface area contributed by atoms with Gasteiger partial charge in [-0.1, -0.05) is 72.8 Å². The van der Waals surface area contributed by atoms with Gasteiger partial charge in [0.15, 0.2) is 0 Å². The third-order valence-corrected chi connectivity index (χ3v) is 5.79. The van der Waals surface area contributed by atoms with E-state index in [2.05, 4.69) is 35.3 Å². The lowest BCUT2D eigenvalue weighted by molar-refractivity contribution is 0.101. The molecule has 0 fully saturated rings. The van der Waals surface area contributed by atoms with E-state index in [0.29, 0.717) is 5.56 Å². The molecule has 0 bridgehead atoms. The average molecular weight is 398 g/mol. The normalized spacial score (nSPS) is 14.5. The lowest BCUT2D eigenvalue weighted by atomic mass is 10.0. The standard InChI is InChI=1S/C28H18N2O/c31-28-24-18-22-11-5-4-10-21(22)17-23(24)26(16-19-8-2-1-3-9-19)30(28)25-14-6-12-20-13-7-15-29-27(20)25/h1-18H/b26-16-. The number of nitrogens with zero attached hydrogens (tertiary/aromatic N) is 2. The van der Waals surface area contributed by atoms with Crippen LogP contribution in [0.5, 0.6) is 0 Å². The first kappa shape index (κ1) is 17.6. The van der Waals surface area contributed by atoms with E-state index in [4.69, 9.17) is 0 Å². The second-order valence-electron chi connectivity index (χ2n) is 7.68. The number of amides is 1.